The number of aliphatic hydroxyl groups excluding tert-OH is 1. The van der Waals surface area contributed by atoms with Crippen molar-refractivity contribution < 1.29 is 5.11 Å². The summed E-state index contributed by atoms with van der Waals surface area (Å²) in [7, 11) is 0. The van der Waals surface area contributed by atoms with E-state index < -0.39 is 0 Å². The minimum Gasteiger partial charge on any atom is -0.396 e. The first-order valence-electron chi connectivity index (χ1n) is 6.37. The first kappa shape index (κ1) is 15.8. The van der Waals surface area contributed by atoms with Crippen molar-refractivity contribution in [3.63, 3.8) is 0 Å². The summed E-state index contributed by atoms with van der Waals surface area (Å²) >= 11 is 12.1. The molecule has 2 N–H and O–H groups in total. The van der Waals surface area contributed by atoms with E-state index in [-0.39, 0.29) is 12.6 Å². The van der Waals surface area contributed by atoms with E-state index in [1.54, 1.807) is 6.07 Å². The van der Waals surface area contributed by atoms with Crippen LogP contribution in [0.15, 0.2) is 18.2 Å². The average molecular weight is 290 g/mol. The van der Waals surface area contributed by atoms with Crippen LogP contribution in [0.5, 0.6) is 0 Å². The van der Waals surface area contributed by atoms with Crippen molar-refractivity contribution in [1.82, 2.24) is 5.32 Å². The van der Waals surface area contributed by atoms with Gasteiger partial charge in [0, 0.05) is 22.7 Å². The Morgan fingerprint density at radius 3 is 2.61 bits per heavy atom. The van der Waals surface area contributed by atoms with Gasteiger partial charge in [-0.05, 0) is 43.0 Å². The average Bonchev–Trinajstić information content (AvgIpc) is 2.32. The van der Waals surface area contributed by atoms with Gasteiger partial charge in [-0.15, -0.1) is 0 Å². The highest BCUT2D eigenvalue weighted by Gasteiger charge is 2.13. The van der Waals surface area contributed by atoms with Gasteiger partial charge in [0.2, 0.25) is 0 Å². The quantitative estimate of drug-likeness (QED) is 0.794. The zero-order chi connectivity index (χ0) is 13.5. The van der Waals surface area contributed by atoms with Crippen molar-refractivity contribution in [1.29, 1.82) is 0 Å². The second kappa shape index (κ2) is 8.00. The molecule has 1 rings (SSSR count). The molecule has 2 atom stereocenters. The topological polar surface area (TPSA) is 32.3 Å². The molecule has 0 aliphatic heterocycles. The molecule has 4 heteroatoms. The Balaban J connectivity index is 2.65. The van der Waals surface area contributed by atoms with Crippen LogP contribution in [0.2, 0.25) is 10.0 Å². The number of benzene rings is 1. The third-order valence-corrected chi connectivity index (χ3v) is 3.64. The third kappa shape index (κ3) is 4.77. The molecular formula is C14H21Cl2NO. The fraction of sp³-hybridized carbons (Fsp3) is 0.571. The van der Waals surface area contributed by atoms with Crippen LogP contribution >= 0.6 is 23.2 Å². The molecule has 0 heterocycles. The molecule has 1 aromatic carbocycles. The molecule has 0 amide bonds. The van der Waals surface area contributed by atoms with Gasteiger partial charge in [-0.25, -0.2) is 0 Å². The van der Waals surface area contributed by atoms with E-state index in [2.05, 4.69) is 19.2 Å². The van der Waals surface area contributed by atoms with Crippen LogP contribution in [0.1, 0.15) is 38.3 Å². The van der Waals surface area contributed by atoms with E-state index in [1.807, 2.05) is 12.1 Å². The van der Waals surface area contributed by atoms with Crippen LogP contribution in [0.3, 0.4) is 0 Å². The SMILES string of the molecule is CCC(NCC(C)CCO)c1ccc(Cl)cc1Cl. The van der Waals surface area contributed by atoms with Gasteiger partial charge in [0.15, 0.2) is 0 Å². The minimum absolute atomic E-state index is 0.232. The van der Waals surface area contributed by atoms with E-state index in [0.717, 1.165) is 24.9 Å². The first-order valence-corrected chi connectivity index (χ1v) is 7.13. The van der Waals surface area contributed by atoms with E-state index >= 15 is 0 Å². The van der Waals surface area contributed by atoms with Crippen molar-refractivity contribution in [2.75, 3.05) is 13.2 Å². The predicted molar refractivity (Wildman–Crippen MR) is 78.4 cm³/mol. The van der Waals surface area contributed by atoms with Crippen LogP contribution < -0.4 is 5.32 Å². The molecule has 1 aromatic rings. The molecular weight excluding hydrogens is 269 g/mol. The third-order valence-electron chi connectivity index (χ3n) is 3.08. The molecule has 0 spiro atoms. The lowest BCUT2D eigenvalue weighted by molar-refractivity contribution is 0.257. The summed E-state index contributed by atoms with van der Waals surface area (Å²) in [4.78, 5) is 0. The zero-order valence-corrected chi connectivity index (χ0v) is 12.4. The summed E-state index contributed by atoms with van der Waals surface area (Å²) in [6.45, 7) is 5.36. The summed E-state index contributed by atoms with van der Waals surface area (Å²) in [6, 6.07) is 5.85. The van der Waals surface area contributed by atoms with Crippen LogP contribution in [-0.2, 0) is 0 Å². The molecule has 18 heavy (non-hydrogen) atoms. The lowest BCUT2D eigenvalue weighted by atomic mass is 10.0. The van der Waals surface area contributed by atoms with Gasteiger partial charge < -0.3 is 10.4 Å². The largest absolute Gasteiger partial charge is 0.396 e. The Morgan fingerprint density at radius 2 is 2.06 bits per heavy atom. The summed E-state index contributed by atoms with van der Waals surface area (Å²) < 4.78 is 0. The first-order chi connectivity index (χ1) is 8.58. The van der Waals surface area contributed by atoms with Gasteiger partial charge in [-0.1, -0.05) is 43.1 Å². The summed E-state index contributed by atoms with van der Waals surface area (Å²) in [5, 5.41) is 13.7. The molecule has 0 bridgehead atoms. The molecule has 0 fully saturated rings. The number of hydrogen-bond acceptors (Lipinski definition) is 2. The standard InChI is InChI=1S/C14H21Cl2NO/c1-3-14(17-9-10(2)6-7-18)12-5-4-11(15)8-13(12)16/h4-5,8,10,14,17-18H,3,6-7,9H2,1-2H3. The van der Waals surface area contributed by atoms with Crippen molar-refractivity contribution in [3.05, 3.63) is 33.8 Å². The van der Waals surface area contributed by atoms with Crippen LogP contribution in [-0.4, -0.2) is 18.3 Å². The van der Waals surface area contributed by atoms with Gasteiger partial charge in [0.25, 0.3) is 0 Å². The van der Waals surface area contributed by atoms with Crippen molar-refractivity contribution in [3.8, 4) is 0 Å². The highest BCUT2D eigenvalue weighted by molar-refractivity contribution is 6.35. The second-order valence-corrected chi connectivity index (χ2v) is 5.50. The van der Waals surface area contributed by atoms with Gasteiger partial charge in [-0.2, -0.15) is 0 Å². The molecule has 0 aromatic heterocycles. The molecule has 0 aliphatic carbocycles. The Morgan fingerprint density at radius 1 is 1.33 bits per heavy atom. The van der Waals surface area contributed by atoms with Crippen LogP contribution in [0.4, 0.5) is 0 Å². The van der Waals surface area contributed by atoms with Crippen LogP contribution in [0, 0.1) is 5.92 Å². The van der Waals surface area contributed by atoms with Gasteiger partial charge >= 0.3 is 0 Å². The number of aliphatic hydroxyl groups is 1. The molecule has 102 valence electrons. The number of nitrogens with one attached hydrogen (secondary N) is 1. The maximum atomic E-state index is 8.89. The van der Waals surface area contributed by atoms with Crippen molar-refractivity contribution in [2.45, 2.75) is 32.7 Å². The molecule has 0 saturated heterocycles. The van der Waals surface area contributed by atoms with Crippen molar-refractivity contribution in [2.24, 2.45) is 5.92 Å². The molecule has 2 unspecified atom stereocenters. The van der Waals surface area contributed by atoms with Crippen molar-refractivity contribution >= 4 is 23.2 Å². The van der Waals surface area contributed by atoms with Gasteiger partial charge in [-0.3, -0.25) is 0 Å². The summed E-state index contributed by atoms with van der Waals surface area (Å²) in [6.07, 6.45) is 1.78. The fourth-order valence-electron chi connectivity index (χ4n) is 1.92. The van der Waals surface area contributed by atoms with E-state index in [0.29, 0.717) is 16.0 Å². The number of hydrogen-bond donors (Lipinski definition) is 2. The van der Waals surface area contributed by atoms with E-state index in [1.165, 1.54) is 0 Å². The maximum absolute atomic E-state index is 8.89. The van der Waals surface area contributed by atoms with E-state index in [9.17, 15) is 0 Å². The normalized spacial score (nSPS) is 14.5. The van der Waals surface area contributed by atoms with Gasteiger partial charge in [0.1, 0.15) is 0 Å². The lowest BCUT2D eigenvalue weighted by Crippen LogP contribution is -2.26. The fourth-order valence-corrected chi connectivity index (χ4v) is 2.46. The Bertz CT molecular complexity index is 371. The Kier molecular flexibility index (Phi) is 7.02. The van der Waals surface area contributed by atoms with E-state index in [4.69, 9.17) is 28.3 Å². The zero-order valence-electron chi connectivity index (χ0n) is 10.9. The monoisotopic (exact) mass is 289 g/mol. The van der Waals surface area contributed by atoms with Gasteiger partial charge in [0.05, 0.1) is 0 Å². The highest BCUT2D eigenvalue weighted by Crippen LogP contribution is 2.28. The highest BCUT2D eigenvalue weighted by atomic mass is 35.5. The summed E-state index contributed by atoms with van der Waals surface area (Å²) in [5.74, 6) is 0.454. The molecule has 0 radical (unpaired) electrons. The maximum Gasteiger partial charge on any atom is 0.0468 e. The second-order valence-electron chi connectivity index (χ2n) is 4.65. The lowest BCUT2D eigenvalue weighted by Gasteiger charge is -2.21. The molecule has 2 nitrogen and oxygen atoms in total. The summed E-state index contributed by atoms with van der Waals surface area (Å²) in [5.41, 5.74) is 1.08. The Labute approximate surface area is 119 Å². The minimum atomic E-state index is 0.232. The number of halogens is 2. The predicted octanol–water partition coefficient (Wildman–Crippen LogP) is 4.05. The molecule has 0 aliphatic rings. The smallest absolute Gasteiger partial charge is 0.0468 e. The molecule has 0 saturated carbocycles. The van der Waals surface area contributed by atoms with Crippen LogP contribution in [0.25, 0.3) is 0 Å². The number of rotatable bonds is 7. The Hall–Kier alpha value is -0.280.